The minimum absolute atomic E-state index is 0.146. The summed E-state index contributed by atoms with van der Waals surface area (Å²) in [6.45, 7) is 1.83. The van der Waals surface area contributed by atoms with E-state index in [0.29, 0.717) is 10.8 Å². The molecule has 0 bridgehead atoms. The molecule has 2 heterocycles. The summed E-state index contributed by atoms with van der Waals surface area (Å²) in [5, 5.41) is 4.68. The number of para-hydroxylation sites is 1. The Bertz CT molecular complexity index is 836. The first-order chi connectivity index (χ1) is 11.1. The van der Waals surface area contributed by atoms with E-state index < -0.39 is 0 Å². The molecule has 0 saturated carbocycles. The number of rotatable bonds is 4. The molecule has 0 fully saturated rings. The lowest BCUT2D eigenvalue weighted by atomic mass is 10.2. The Morgan fingerprint density at radius 1 is 1.17 bits per heavy atom. The molecule has 0 aliphatic carbocycles. The predicted molar refractivity (Wildman–Crippen MR) is 92.7 cm³/mol. The molecule has 5 nitrogen and oxygen atoms in total. The molecule has 2 aromatic heterocycles. The van der Waals surface area contributed by atoms with Crippen molar-refractivity contribution in [2.45, 2.75) is 17.2 Å². The van der Waals surface area contributed by atoms with E-state index >= 15 is 0 Å². The first-order valence-electron chi connectivity index (χ1n) is 6.92. The fourth-order valence-electron chi connectivity index (χ4n) is 1.97. The standard InChI is InChI=1S/C16H13ClN4OS/c1-10(15(22)21-14-7-6-11(17)8-18-14)23-16-12-4-2-3-5-13(12)19-9-20-16/h2-10H,1H3,(H,18,21,22). The predicted octanol–water partition coefficient (Wildman–Crippen LogP) is 3.80. The molecule has 1 atom stereocenters. The quantitative estimate of drug-likeness (QED) is 0.576. The van der Waals surface area contributed by atoms with Crippen LogP contribution in [0.4, 0.5) is 5.82 Å². The fourth-order valence-corrected chi connectivity index (χ4v) is 2.99. The van der Waals surface area contributed by atoms with E-state index in [2.05, 4.69) is 20.3 Å². The van der Waals surface area contributed by atoms with Crippen molar-refractivity contribution in [3.8, 4) is 0 Å². The molecule has 1 amide bonds. The lowest BCUT2D eigenvalue weighted by Gasteiger charge is -2.12. The maximum absolute atomic E-state index is 12.3. The lowest BCUT2D eigenvalue weighted by molar-refractivity contribution is -0.115. The van der Waals surface area contributed by atoms with Crippen molar-refractivity contribution in [1.82, 2.24) is 15.0 Å². The Morgan fingerprint density at radius 3 is 2.78 bits per heavy atom. The molecular weight excluding hydrogens is 332 g/mol. The van der Waals surface area contributed by atoms with E-state index in [1.165, 1.54) is 24.3 Å². The maximum Gasteiger partial charge on any atom is 0.238 e. The van der Waals surface area contributed by atoms with E-state index in [1.807, 2.05) is 31.2 Å². The van der Waals surface area contributed by atoms with Crippen molar-refractivity contribution >= 4 is 46.0 Å². The van der Waals surface area contributed by atoms with Crippen molar-refractivity contribution in [3.05, 3.63) is 53.9 Å². The number of hydrogen-bond donors (Lipinski definition) is 1. The van der Waals surface area contributed by atoms with Gasteiger partial charge in [0.25, 0.3) is 0 Å². The molecule has 0 saturated heterocycles. The average Bonchev–Trinajstić information content (AvgIpc) is 2.57. The number of amides is 1. The van der Waals surface area contributed by atoms with Gasteiger partial charge in [-0.25, -0.2) is 15.0 Å². The highest BCUT2D eigenvalue weighted by Gasteiger charge is 2.17. The molecule has 3 rings (SSSR count). The molecule has 3 aromatic rings. The zero-order chi connectivity index (χ0) is 16.2. The van der Waals surface area contributed by atoms with Gasteiger partial charge in [0.1, 0.15) is 17.2 Å². The van der Waals surface area contributed by atoms with Gasteiger partial charge >= 0.3 is 0 Å². The van der Waals surface area contributed by atoms with Crippen molar-refractivity contribution < 1.29 is 4.79 Å². The van der Waals surface area contributed by atoms with Crippen LogP contribution in [0.2, 0.25) is 5.02 Å². The van der Waals surface area contributed by atoms with Crippen molar-refractivity contribution in [3.63, 3.8) is 0 Å². The number of benzene rings is 1. The second kappa shape index (κ2) is 6.93. The summed E-state index contributed by atoms with van der Waals surface area (Å²) in [5.74, 6) is 0.326. The number of nitrogens with one attached hydrogen (secondary N) is 1. The van der Waals surface area contributed by atoms with Gasteiger partial charge < -0.3 is 5.32 Å². The number of aromatic nitrogens is 3. The highest BCUT2D eigenvalue weighted by atomic mass is 35.5. The van der Waals surface area contributed by atoms with Crippen molar-refractivity contribution in [2.75, 3.05) is 5.32 Å². The number of fused-ring (bicyclic) bond motifs is 1. The number of hydrogen-bond acceptors (Lipinski definition) is 5. The topological polar surface area (TPSA) is 67.8 Å². The summed E-state index contributed by atoms with van der Waals surface area (Å²) in [7, 11) is 0. The Kier molecular flexibility index (Phi) is 4.73. The summed E-state index contributed by atoms with van der Waals surface area (Å²) in [6.07, 6.45) is 3.00. The molecule has 23 heavy (non-hydrogen) atoms. The average molecular weight is 345 g/mol. The third-order valence-corrected chi connectivity index (χ3v) is 4.48. The van der Waals surface area contributed by atoms with Crippen LogP contribution < -0.4 is 5.32 Å². The summed E-state index contributed by atoms with van der Waals surface area (Å²) in [4.78, 5) is 24.9. The number of anilines is 1. The number of carbonyl (C=O) groups is 1. The SMILES string of the molecule is CC(Sc1ncnc2ccccc12)C(=O)Nc1ccc(Cl)cn1. The van der Waals surface area contributed by atoms with Gasteiger partial charge in [-0.2, -0.15) is 0 Å². The molecule has 0 aliphatic rings. The molecule has 116 valence electrons. The first-order valence-corrected chi connectivity index (χ1v) is 8.18. The number of thioether (sulfide) groups is 1. The van der Waals surface area contributed by atoms with Crippen LogP contribution in [-0.2, 0) is 4.79 Å². The number of halogens is 1. The van der Waals surface area contributed by atoms with Crippen LogP contribution in [0, 0.1) is 0 Å². The van der Waals surface area contributed by atoms with Crippen LogP contribution in [0.15, 0.2) is 53.9 Å². The van der Waals surface area contributed by atoms with Gasteiger partial charge in [0.05, 0.1) is 15.8 Å². The molecule has 0 spiro atoms. The zero-order valence-electron chi connectivity index (χ0n) is 12.2. The molecule has 1 N–H and O–H groups in total. The molecule has 1 aromatic carbocycles. The summed E-state index contributed by atoms with van der Waals surface area (Å²) in [5.41, 5.74) is 0.858. The van der Waals surface area contributed by atoms with Crippen LogP contribution in [-0.4, -0.2) is 26.1 Å². The summed E-state index contributed by atoms with van der Waals surface area (Å²) in [6, 6.07) is 11.1. The number of nitrogens with zero attached hydrogens (tertiary/aromatic N) is 3. The second-order valence-corrected chi connectivity index (χ2v) is 6.57. The highest BCUT2D eigenvalue weighted by molar-refractivity contribution is 8.00. The van der Waals surface area contributed by atoms with Gasteiger partial charge in [-0.15, -0.1) is 0 Å². The Balaban J connectivity index is 1.73. The fraction of sp³-hybridized carbons (Fsp3) is 0.125. The Hall–Kier alpha value is -2.18. The second-order valence-electron chi connectivity index (χ2n) is 4.81. The molecule has 1 unspecified atom stereocenters. The number of carbonyl (C=O) groups excluding carboxylic acids is 1. The lowest BCUT2D eigenvalue weighted by Crippen LogP contribution is -2.23. The van der Waals surface area contributed by atoms with Gasteiger partial charge in [0, 0.05) is 11.6 Å². The van der Waals surface area contributed by atoms with E-state index in [9.17, 15) is 4.79 Å². The number of pyridine rings is 1. The normalized spacial score (nSPS) is 12.1. The minimum Gasteiger partial charge on any atom is -0.310 e. The van der Waals surface area contributed by atoms with Crippen LogP contribution in [0.5, 0.6) is 0 Å². The molecule has 0 aliphatic heterocycles. The maximum atomic E-state index is 12.3. The zero-order valence-corrected chi connectivity index (χ0v) is 13.8. The Labute approximate surface area is 142 Å². The monoisotopic (exact) mass is 344 g/mol. The van der Waals surface area contributed by atoms with Crippen LogP contribution in [0.25, 0.3) is 10.9 Å². The largest absolute Gasteiger partial charge is 0.310 e. The van der Waals surface area contributed by atoms with Gasteiger partial charge in [0.15, 0.2) is 0 Å². The van der Waals surface area contributed by atoms with E-state index in [-0.39, 0.29) is 11.2 Å². The molecule has 7 heteroatoms. The minimum atomic E-state index is -0.328. The summed E-state index contributed by atoms with van der Waals surface area (Å²) >= 11 is 7.17. The van der Waals surface area contributed by atoms with E-state index in [0.717, 1.165) is 15.9 Å². The van der Waals surface area contributed by atoms with Gasteiger partial charge in [-0.1, -0.05) is 41.6 Å². The highest BCUT2D eigenvalue weighted by Crippen LogP contribution is 2.28. The van der Waals surface area contributed by atoms with Crippen LogP contribution in [0.3, 0.4) is 0 Å². The van der Waals surface area contributed by atoms with E-state index in [1.54, 1.807) is 12.1 Å². The third-order valence-electron chi connectivity index (χ3n) is 3.14. The first kappa shape index (κ1) is 15.7. The van der Waals surface area contributed by atoms with Gasteiger partial charge in [-0.05, 0) is 25.1 Å². The summed E-state index contributed by atoms with van der Waals surface area (Å²) < 4.78 is 0. The van der Waals surface area contributed by atoms with Crippen molar-refractivity contribution in [1.29, 1.82) is 0 Å². The third kappa shape index (κ3) is 3.78. The molecular formula is C16H13ClN4OS. The van der Waals surface area contributed by atoms with Gasteiger partial charge in [0.2, 0.25) is 5.91 Å². The smallest absolute Gasteiger partial charge is 0.238 e. The van der Waals surface area contributed by atoms with Crippen LogP contribution in [0.1, 0.15) is 6.92 Å². The van der Waals surface area contributed by atoms with Gasteiger partial charge in [-0.3, -0.25) is 4.79 Å². The molecule has 0 radical (unpaired) electrons. The van der Waals surface area contributed by atoms with Crippen molar-refractivity contribution in [2.24, 2.45) is 0 Å². The Morgan fingerprint density at radius 2 is 2.00 bits per heavy atom. The van der Waals surface area contributed by atoms with Crippen LogP contribution >= 0.6 is 23.4 Å². The van der Waals surface area contributed by atoms with E-state index in [4.69, 9.17) is 11.6 Å².